The van der Waals surface area contributed by atoms with E-state index < -0.39 is 0 Å². The van der Waals surface area contributed by atoms with Crippen LogP contribution in [0.5, 0.6) is 0 Å². The van der Waals surface area contributed by atoms with Crippen LogP contribution < -0.4 is 11.1 Å². The van der Waals surface area contributed by atoms with Crippen LogP contribution in [0.4, 0.5) is 11.6 Å². The normalized spacial score (nSPS) is 17.5. The molecule has 1 heterocycles. The molecule has 1 aromatic rings. The number of nitrogen functional groups attached to an aromatic ring is 1. The van der Waals surface area contributed by atoms with Crippen molar-refractivity contribution in [3.8, 4) is 0 Å². The molecular weight excluding hydrogens is 200 g/mol. The van der Waals surface area contributed by atoms with Crippen LogP contribution in [0, 0.1) is 5.41 Å². The lowest BCUT2D eigenvalue weighted by Crippen LogP contribution is -2.15. The number of nitrogens with zero attached hydrogens (tertiary/aromatic N) is 2. The van der Waals surface area contributed by atoms with E-state index in [1.54, 1.807) is 0 Å². The summed E-state index contributed by atoms with van der Waals surface area (Å²) >= 11 is 0. The molecule has 0 aliphatic heterocycles. The van der Waals surface area contributed by atoms with Crippen LogP contribution in [-0.2, 0) is 0 Å². The molecule has 0 atom stereocenters. The van der Waals surface area contributed by atoms with Crippen molar-refractivity contribution in [3.63, 3.8) is 0 Å². The van der Waals surface area contributed by atoms with Gasteiger partial charge >= 0.3 is 0 Å². The summed E-state index contributed by atoms with van der Waals surface area (Å²) in [6.45, 7) is 7.49. The summed E-state index contributed by atoms with van der Waals surface area (Å²) in [5.74, 6) is 1.83. The fraction of sp³-hybridized carbons (Fsp3) is 0.667. The lowest BCUT2D eigenvalue weighted by Gasteiger charge is -2.16. The molecule has 0 spiro atoms. The first kappa shape index (κ1) is 11.2. The molecule has 0 radical (unpaired) electrons. The zero-order valence-corrected chi connectivity index (χ0v) is 10.2. The molecule has 4 nitrogen and oxygen atoms in total. The molecule has 0 amide bonds. The Hall–Kier alpha value is -1.32. The van der Waals surface area contributed by atoms with E-state index in [4.69, 9.17) is 5.73 Å². The van der Waals surface area contributed by atoms with Gasteiger partial charge in [-0.15, -0.1) is 0 Å². The van der Waals surface area contributed by atoms with Gasteiger partial charge in [0.05, 0.1) is 0 Å². The Morgan fingerprint density at radius 3 is 2.69 bits per heavy atom. The van der Waals surface area contributed by atoms with Crippen LogP contribution in [0.25, 0.3) is 0 Å². The van der Waals surface area contributed by atoms with Gasteiger partial charge in [0.2, 0.25) is 0 Å². The lowest BCUT2D eigenvalue weighted by atomic mass is 10.0. The molecular formula is C12H20N4. The standard InChI is InChI=1S/C12H20N4/c1-8(2)9-10(13)15-7-16-11(9)14-6-12(3)4-5-12/h7-8H,4-6H2,1-3H3,(H3,13,14,15,16). The number of nitrogens with two attached hydrogens (primary N) is 1. The second-order valence-corrected chi connectivity index (χ2v) is 5.34. The van der Waals surface area contributed by atoms with Gasteiger partial charge in [0, 0.05) is 12.1 Å². The van der Waals surface area contributed by atoms with Crippen molar-refractivity contribution in [2.45, 2.75) is 39.5 Å². The Morgan fingerprint density at radius 1 is 1.44 bits per heavy atom. The molecule has 3 N–H and O–H groups in total. The summed E-state index contributed by atoms with van der Waals surface area (Å²) in [5.41, 5.74) is 7.39. The van der Waals surface area contributed by atoms with Crippen molar-refractivity contribution in [3.05, 3.63) is 11.9 Å². The maximum atomic E-state index is 5.89. The van der Waals surface area contributed by atoms with Gasteiger partial charge in [-0.2, -0.15) is 0 Å². The number of aromatic nitrogens is 2. The number of rotatable bonds is 4. The molecule has 1 aliphatic rings. The van der Waals surface area contributed by atoms with Crippen LogP contribution in [0.15, 0.2) is 6.33 Å². The minimum Gasteiger partial charge on any atom is -0.383 e. The summed E-state index contributed by atoms with van der Waals surface area (Å²) in [7, 11) is 0. The smallest absolute Gasteiger partial charge is 0.134 e. The zero-order chi connectivity index (χ0) is 11.8. The average molecular weight is 220 g/mol. The molecule has 1 saturated carbocycles. The van der Waals surface area contributed by atoms with Crippen LogP contribution in [0.1, 0.15) is 45.1 Å². The van der Waals surface area contributed by atoms with E-state index in [0.717, 1.165) is 17.9 Å². The van der Waals surface area contributed by atoms with Gasteiger partial charge in [0.25, 0.3) is 0 Å². The summed E-state index contributed by atoms with van der Waals surface area (Å²) in [6.07, 6.45) is 4.13. The summed E-state index contributed by atoms with van der Waals surface area (Å²) in [5, 5.41) is 3.41. The van der Waals surface area contributed by atoms with Crippen molar-refractivity contribution in [2.24, 2.45) is 5.41 Å². The van der Waals surface area contributed by atoms with Crippen molar-refractivity contribution in [1.29, 1.82) is 0 Å². The second kappa shape index (κ2) is 3.92. The first-order chi connectivity index (χ1) is 7.52. The Balaban J connectivity index is 2.15. The molecule has 0 saturated heterocycles. The third kappa shape index (κ3) is 2.26. The quantitative estimate of drug-likeness (QED) is 0.817. The van der Waals surface area contributed by atoms with Gasteiger partial charge < -0.3 is 11.1 Å². The van der Waals surface area contributed by atoms with E-state index >= 15 is 0 Å². The maximum Gasteiger partial charge on any atom is 0.134 e. The van der Waals surface area contributed by atoms with Gasteiger partial charge in [0.1, 0.15) is 18.0 Å². The first-order valence-electron chi connectivity index (χ1n) is 5.86. The number of hydrogen-bond donors (Lipinski definition) is 2. The van der Waals surface area contributed by atoms with Gasteiger partial charge in [-0.25, -0.2) is 9.97 Å². The fourth-order valence-electron chi connectivity index (χ4n) is 1.81. The minimum atomic E-state index is 0.343. The van der Waals surface area contributed by atoms with Gasteiger partial charge in [-0.3, -0.25) is 0 Å². The monoisotopic (exact) mass is 220 g/mol. The highest BCUT2D eigenvalue weighted by atomic mass is 15.0. The van der Waals surface area contributed by atoms with Crippen molar-refractivity contribution in [1.82, 2.24) is 9.97 Å². The number of anilines is 2. The van der Waals surface area contributed by atoms with Gasteiger partial charge in [-0.05, 0) is 24.2 Å². The topological polar surface area (TPSA) is 63.8 Å². The van der Waals surface area contributed by atoms with Crippen LogP contribution in [0.2, 0.25) is 0 Å². The van der Waals surface area contributed by atoms with E-state index in [9.17, 15) is 0 Å². The minimum absolute atomic E-state index is 0.343. The SMILES string of the molecule is CC(C)c1c(N)ncnc1NCC1(C)CC1. The Morgan fingerprint density at radius 2 is 2.12 bits per heavy atom. The maximum absolute atomic E-state index is 5.89. The third-order valence-corrected chi connectivity index (χ3v) is 3.28. The predicted molar refractivity (Wildman–Crippen MR) is 66.4 cm³/mol. The lowest BCUT2D eigenvalue weighted by molar-refractivity contribution is 0.608. The second-order valence-electron chi connectivity index (χ2n) is 5.34. The number of hydrogen-bond acceptors (Lipinski definition) is 4. The molecule has 0 bridgehead atoms. The fourth-order valence-corrected chi connectivity index (χ4v) is 1.81. The van der Waals surface area contributed by atoms with Crippen molar-refractivity contribution < 1.29 is 0 Å². The van der Waals surface area contributed by atoms with Crippen LogP contribution in [0.3, 0.4) is 0 Å². The number of nitrogens with one attached hydrogen (secondary N) is 1. The molecule has 1 aliphatic carbocycles. The highest BCUT2D eigenvalue weighted by Gasteiger charge is 2.37. The van der Waals surface area contributed by atoms with E-state index in [-0.39, 0.29) is 0 Å². The average Bonchev–Trinajstić information content (AvgIpc) is 2.94. The highest BCUT2D eigenvalue weighted by molar-refractivity contribution is 5.56. The van der Waals surface area contributed by atoms with E-state index in [2.05, 4.69) is 36.1 Å². The molecule has 2 rings (SSSR count). The van der Waals surface area contributed by atoms with E-state index in [1.165, 1.54) is 19.2 Å². The van der Waals surface area contributed by atoms with Crippen molar-refractivity contribution >= 4 is 11.6 Å². The summed E-state index contributed by atoms with van der Waals surface area (Å²) in [6, 6.07) is 0. The molecule has 1 aromatic heterocycles. The Bertz CT molecular complexity index is 383. The van der Waals surface area contributed by atoms with Gasteiger partial charge in [0.15, 0.2) is 0 Å². The zero-order valence-electron chi connectivity index (χ0n) is 10.2. The first-order valence-corrected chi connectivity index (χ1v) is 5.86. The largest absolute Gasteiger partial charge is 0.383 e. The van der Waals surface area contributed by atoms with Crippen LogP contribution >= 0.6 is 0 Å². The Labute approximate surface area is 96.7 Å². The molecule has 88 valence electrons. The highest BCUT2D eigenvalue weighted by Crippen LogP contribution is 2.45. The Kier molecular flexibility index (Phi) is 2.74. The summed E-state index contributed by atoms with van der Waals surface area (Å²) < 4.78 is 0. The predicted octanol–water partition coefficient (Wildman–Crippen LogP) is 2.39. The molecule has 1 fully saturated rings. The summed E-state index contributed by atoms with van der Waals surface area (Å²) in [4.78, 5) is 8.34. The van der Waals surface area contributed by atoms with Crippen LogP contribution in [-0.4, -0.2) is 16.5 Å². The van der Waals surface area contributed by atoms with Gasteiger partial charge in [-0.1, -0.05) is 20.8 Å². The molecule has 0 aromatic carbocycles. The molecule has 16 heavy (non-hydrogen) atoms. The van der Waals surface area contributed by atoms with E-state index in [0.29, 0.717) is 17.2 Å². The third-order valence-electron chi connectivity index (χ3n) is 3.28. The van der Waals surface area contributed by atoms with E-state index in [1.807, 2.05) is 0 Å². The molecule has 0 unspecified atom stereocenters. The molecule has 4 heteroatoms. The van der Waals surface area contributed by atoms with Crippen molar-refractivity contribution in [2.75, 3.05) is 17.6 Å².